The molecule has 2 N–H and O–H groups in total. The molecule has 1 aromatic heterocycles. The Morgan fingerprint density at radius 3 is 2.49 bits per heavy atom. The number of carbonyl (C=O) groups is 1. The van der Waals surface area contributed by atoms with Gasteiger partial charge in [0.25, 0.3) is 0 Å². The predicted molar refractivity (Wildman–Crippen MR) is 132 cm³/mol. The summed E-state index contributed by atoms with van der Waals surface area (Å²) < 4.78 is 55.2. The number of halogens is 4. The van der Waals surface area contributed by atoms with Crippen LogP contribution in [0.5, 0.6) is 0 Å². The van der Waals surface area contributed by atoms with Crippen molar-refractivity contribution < 1.29 is 22.4 Å². The molecule has 7 nitrogen and oxygen atoms in total. The number of aromatic nitrogens is 2. The Morgan fingerprint density at radius 2 is 1.84 bits per heavy atom. The van der Waals surface area contributed by atoms with E-state index < -0.39 is 29.0 Å². The normalized spacial score (nSPS) is 17.8. The number of hydrogen-bond donors (Lipinski definition) is 2. The number of nitrogens with one attached hydrogen (secondary N) is 2. The van der Waals surface area contributed by atoms with Crippen LogP contribution in [0, 0.1) is 5.82 Å². The lowest BCUT2D eigenvalue weighted by molar-refractivity contribution is -0.137. The maximum absolute atomic E-state index is 14.8. The van der Waals surface area contributed by atoms with Crippen LogP contribution in [-0.4, -0.2) is 48.0 Å². The number of carbonyl (C=O) groups excluding carboxylic acids is 1. The fourth-order valence-corrected chi connectivity index (χ4v) is 5.21. The van der Waals surface area contributed by atoms with E-state index in [2.05, 4.69) is 20.6 Å². The summed E-state index contributed by atoms with van der Waals surface area (Å²) in [6.07, 6.45) is -3.15. The van der Waals surface area contributed by atoms with E-state index in [0.29, 0.717) is 41.4 Å². The van der Waals surface area contributed by atoms with Gasteiger partial charge in [-0.1, -0.05) is 12.1 Å². The molecule has 1 spiro atoms. The van der Waals surface area contributed by atoms with Crippen molar-refractivity contribution in [3.8, 4) is 0 Å². The minimum absolute atomic E-state index is 0.0286. The smallest absolute Gasteiger partial charge is 0.388 e. The molecule has 2 aromatic carbocycles. The number of fused-ring (bicyclic) bond motifs is 2. The molecule has 2 aliphatic heterocycles. The van der Waals surface area contributed by atoms with Crippen LogP contribution in [0.15, 0.2) is 48.8 Å². The number of para-hydroxylation sites is 1. The molecule has 0 aliphatic carbocycles. The fourth-order valence-electron chi connectivity index (χ4n) is 5.21. The van der Waals surface area contributed by atoms with Gasteiger partial charge in [-0.3, -0.25) is 4.79 Å². The van der Waals surface area contributed by atoms with Crippen molar-refractivity contribution >= 4 is 23.1 Å². The van der Waals surface area contributed by atoms with E-state index in [1.807, 2.05) is 11.9 Å². The number of likely N-dealkylation sites (N-methyl/N-ethyl adjacent to an activating group) is 1. The van der Waals surface area contributed by atoms with Crippen LogP contribution < -0.4 is 15.5 Å². The van der Waals surface area contributed by atoms with Crippen LogP contribution in [-0.2, 0) is 22.9 Å². The minimum atomic E-state index is -4.50. The highest BCUT2D eigenvalue weighted by molar-refractivity contribution is 6.04. The topological polar surface area (TPSA) is 73.4 Å². The molecule has 0 saturated carbocycles. The SMILES string of the molecule is CNc1cc([C@@H](C)Nc2ncnc3c2CN(c2ccccc2F)C(=O)C32CN(C)C2)cc(C(F)(F)F)c1. The standard InChI is InChI=1S/C26H26F4N6O/c1-15(16-8-17(26(28,29)30)10-18(9-16)31-2)34-23-19-11-36(21-7-5-4-6-20(21)27)24(37)25(12-35(3)13-25)22(19)32-14-33-23/h4-10,14-15,31H,11-13H2,1-3H3,(H,32,33,34)/t15-/m1/s1. The Labute approximate surface area is 211 Å². The van der Waals surface area contributed by atoms with Crippen LogP contribution >= 0.6 is 0 Å². The van der Waals surface area contributed by atoms with Crippen molar-refractivity contribution in [1.82, 2.24) is 14.9 Å². The molecule has 194 valence electrons. The molecule has 1 saturated heterocycles. The molecule has 11 heteroatoms. The first-order valence-corrected chi connectivity index (χ1v) is 11.8. The van der Waals surface area contributed by atoms with E-state index in [0.717, 1.165) is 12.1 Å². The highest BCUT2D eigenvalue weighted by atomic mass is 19.4. The van der Waals surface area contributed by atoms with Gasteiger partial charge in [0, 0.05) is 31.4 Å². The first kappa shape index (κ1) is 24.9. The van der Waals surface area contributed by atoms with E-state index in [1.165, 1.54) is 17.3 Å². The van der Waals surface area contributed by atoms with Crippen LogP contribution in [0.2, 0.25) is 0 Å². The lowest BCUT2D eigenvalue weighted by Gasteiger charge is -2.51. The second-order valence-corrected chi connectivity index (χ2v) is 9.60. The molecule has 2 aliphatic rings. The van der Waals surface area contributed by atoms with E-state index >= 15 is 0 Å². The Kier molecular flexibility index (Phi) is 6.06. The largest absolute Gasteiger partial charge is 0.416 e. The highest BCUT2D eigenvalue weighted by Crippen LogP contribution is 2.44. The molecule has 3 heterocycles. The number of anilines is 3. The first-order chi connectivity index (χ1) is 17.5. The van der Waals surface area contributed by atoms with Gasteiger partial charge in [-0.15, -0.1) is 0 Å². The first-order valence-electron chi connectivity index (χ1n) is 11.8. The van der Waals surface area contributed by atoms with Gasteiger partial charge in [-0.25, -0.2) is 14.4 Å². The zero-order chi connectivity index (χ0) is 26.5. The molecule has 1 amide bonds. The summed E-state index contributed by atoms with van der Waals surface area (Å²) in [7, 11) is 3.44. The van der Waals surface area contributed by atoms with Gasteiger partial charge >= 0.3 is 6.18 Å². The summed E-state index contributed by atoms with van der Waals surface area (Å²) in [6, 6.07) is 9.30. The summed E-state index contributed by atoms with van der Waals surface area (Å²) in [5.74, 6) is -0.369. The minimum Gasteiger partial charge on any atom is -0.388 e. The van der Waals surface area contributed by atoms with Crippen LogP contribution in [0.4, 0.5) is 34.8 Å². The van der Waals surface area contributed by atoms with Crippen LogP contribution in [0.3, 0.4) is 0 Å². The van der Waals surface area contributed by atoms with E-state index in [-0.39, 0.29) is 18.1 Å². The zero-order valence-corrected chi connectivity index (χ0v) is 20.5. The van der Waals surface area contributed by atoms with Gasteiger partial charge < -0.3 is 20.4 Å². The Balaban J connectivity index is 1.55. The van der Waals surface area contributed by atoms with E-state index in [9.17, 15) is 22.4 Å². The highest BCUT2D eigenvalue weighted by Gasteiger charge is 2.56. The zero-order valence-electron chi connectivity index (χ0n) is 20.5. The van der Waals surface area contributed by atoms with Crippen molar-refractivity contribution in [2.24, 2.45) is 0 Å². The average molecular weight is 515 g/mol. The van der Waals surface area contributed by atoms with Crippen molar-refractivity contribution in [2.75, 3.05) is 42.7 Å². The third-order valence-corrected chi connectivity index (χ3v) is 7.02. The molecule has 3 aromatic rings. The Morgan fingerprint density at radius 1 is 1.11 bits per heavy atom. The van der Waals surface area contributed by atoms with E-state index in [1.54, 1.807) is 38.2 Å². The summed E-state index contributed by atoms with van der Waals surface area (Å²) in [6.45, 7) is 2.59. The van der Waals surface area contributed by atoms with Crippen molar-refractivity contribution in [3.63, 3.8) is 0 Å². The summed E-state index contributed by atoms with van der Waals surface area (Å²) in [5.41, 5.74) is 0.354. The van der Waals surface area contributed by atoms with Gasteiger partial charge in [0.05, 0.1) is 29.5 Å². The predicted octanol–water partition coefficient (Wildman–Crippen LogP) is 4.58. The van der Waals surface area contributed by atoms with Crippen LogP contribution in [0.25, 0.3) is 0 Å². The summed E-state index contributed by atoms with van der Waals surface area (Å²) in [5, 5.41) is 6.00. The number of benzene rings is 2. The molecule has 1 fully saturated rings. The lowest BCUT2D eigenvalue weighted by atomic mass is 9.71. The molecule has 37 heavy (non-hydrogen) atoms. The monoisotopic (exact) mass is 514 g/mol. The second-order valence-electron chi connectivity index (χ2n) is 9.60. The van der Waals surface area contributed by atoms with Crippen molar-refractivity contribution in [3.05, 3.63) is 77.0 Å². The maximum atomic E-state index is 14.8. The van der Waals surface area contributed by atoms with Gasteiger partial charge in [0.2, 0.25) is 5.91 Å². The Hall–Kier alpha value is -3.73. The number of rotatable bonds is 5. The second kappa shape index (κ2) is 8.98. The molecule has 5 rings (SSSR count). The van der Waals surface area contributed by atoms with Gasteiger partial charge in [0.1, 0.15) is 23.4 Å². The number of hydrogen-bond acceptors (Lipinski definition) is 6. The molecular weight excluding hydrogens is 488 g/mol. The molecule has 1 atom stereocenters. The van der Waals surface area contributed by atoms with Crippen LogP contribution in [0.1, 0.15) is 35.3 Å². The number of nitrogens with zero attached hydrogens (tertiary/aromatic N) is 4. The van der Waals surface area contributed by atoms with Gasteiger partial charge in [-0.2, -0.15) is 13.2 Å². The molecule has 0 radical (unpaired) electrons. The third-order valence-electron chi connectivity index (χ3n) is 7.02. The third kappa shape index (κ3) is 4.26. The number of amides is 1. The molecule has 0 bridgehead atoms. The average Bonchev–Trinajstić information content (AvgIpc) is 2.84. The van der Waals surface area contributed by atoms with Gasteiger partial charge in [-0.05, 0) is 49.9 Å². The Bertz CT molecular complexity index is 1360. The van der Waals surface area contributed by atoms with E-state index in [4.69, 9.17) is 0 Å². The summed E-state index contributed by atoms with van der Waals surface area (Å²) in [4.78, 5) is 25.9. The molecular formula is C26H26F4N6O. The van der Waals surface area contributed by atoms with Gasteiger partial charge in [0.15, 0.2) is 0 Å². The summed E-state index contributed by atoms with van der Waals surface area (Å²) >= 11 is 0. The quantitative estimate of drug-likeness (QED) is 0.486. The number of likely N-dealkylation sites (tertiary alicyclic amines) is 1. The van der Waals surface area contributed by atoms with Crippen molar-refractivity contribution in [1.29, 1.82) is 0 Å². The molecule has 0 unspecified atom stereocenters. The lowest BCUT2D eigenvalue weighted by Crippen LogP contribution is -2.68. The fraction of sp³-hybridized carbons (Fsp3) is 0.346. The van der Waals surface area contributed by atoms with Crippen molar-refractivity contribution in [2.45, 2.75) is 31.1 Å². The maximum Gasteiger partial charge on any atom is 0.416 e. The number of alkyl halides is 3.